The molecule has 4 heteroatoms. The Morgan fingerprint density at radius 1 is 1.15 bits per heavy atom. The Hall–Kier alpha value is -2.36. The lowest BCUT2D eigenvalue weighted by atomic mass is 10.2. The summed E-state index contributed by atoms with van der Waals surface area (Å²) >= 11 is 0. The fourth-order valence-electron chi connectivity index (χ4n) is 2.35. The van der Waals surface area contributed by atoms with Crippen LogP contribution < -0.4 is 4.74 Å². The average Bonchev–Trinajstić information content (AvgIpc) is 2.86. The number of nitrogens with zero attached hydrogens (tertiary/aromatic N) is 3. The van der Waals surface area contributed by atoms with Crippen LogP contribution in [0.1, 0.15) is 19.2 Å². The largest absolute Gasteiger partial charge is 0.497 e. The second kappa shape index (κ2) is 5.33. The Labute approximate surface area is 118 Å². The molecule has 4 nitrogen and oxygen atoms in total. The van der Waals surface area contributed by atoms with Gasteiger partial charge in [0, 0.05) is 18.3 Å². The van der Waals surface area contributed by atoms with Gasteiger partial charge in [0.25, 0.3) is 0 Å². The molecule has 0 saturated carbocycles. The number of methoxy groups -OCH3 is 1. The van der Waals surface area contributed by atoms with Crippen LogP contribution in [0.15, 0.2) is 42.6 Å². The molecule has 0 atom stereocenters. The van der Waals surface area contributed by atoms with E-state index in [0.717, 1.165) is 41.3 Å². The Balaban J connectivity index is 2.18. The summed E-state index contributed by atoms with van der Waals surface area (Å²) in [6, 6.07) is 11.9. The van der Waals surface area contributed by atoms with Crippen LogP contribution in [0.4, 0.5) is 0 Å². The van der Waals surface area contributed by atoms with Gasteiger partial charge in [-0.1, -0.05) is 6.92 Å². The van der Waals surface area contributed by atoms with Crippen molar-refractivity contribution < 1.29 is 4.74 Å². The summed E-state index contributed by atoms with van der Waals surface area (Å²) in [7, 11) is 1.67. The first kappa shape index (κ1) is 12.7. The second-order valence-corrected chi connectivity index (χ2v) is 4.66. The van der Waals surface area contributed by atoms with Crippen molar-refractivity contribution in [1.29, 1.82) is 0 Å². The van der Waals surface area contributed by atoms with Crippen LogP contribution in [0.3, 0.4) is 0 Å². The first-order valence-electron chi connectivity index (χ1n) is 6.80. The van der Waals surface area contributed by atoms with Crippen molar-refractivity contribution in [2.45, 2.75) is 19.8 Å². The highest BCUT2D eigenvalue weighted by molar-refractivity contribution is 5.73. The summed E-state index contributed by atoms with van der Waals surface area (Å²) in [5.74, 6) is 1.90. The molecule has 3 aromatic rings. The van der Waals surface area contributed by atoms with Crippen molar-refractivity contribution in [2.75, 3.05) is 7.11 Å². The number of pyridine rings is 1. The molecule has 2 aromatic heterocycles. The topological polar surface area (TPSA) is 39.9 Å². The van der Waals surface area contributed by atoms with Gasteiger partial charge in [0.1, 0.15) is 17.1 Å². The Morgan fingerprint density at radius 3 is 2.65 bits per heavy atom. The molecule has 0 fully saturated rings. The summed E-state index contributed by atoms with van der Waals surface area (Å²) in [6.07, 6.45) is 3.79. The van der Waals surface area contributed by atoms with Crippen molar-refractivity contribution in [3.8, 4) is 11.4 Å². The quantitative estimate of drug-likeness (QED) is 0.727. The standard InChI is InChI=1S/C16H17N3O/c1-3-5-15-18-14-6-4-11-17-16(14)19(15)12-7-9-13(20-2)10-8-12/h4,6-11H,3,5H2,1-2H3. The number of aryl methyl sites for hydroxylation is 1. The van der Waals surface area contributed by atoms with E-state index in [1.54, 1.807) is 13.3 Å². The molecule has 0 aliphatic carbocycles. The molecule has 0 unspecified atom stereocenters. The lowest BCUT2D eigenvalue weighted by Gasteiger charge is -2.09. The third-order valence-corrected chi connectivity index (χ3v) is 3.29. The summed E-state index contributed by atoms with van der Waals surface area (Å²) < 4.78 is 7.33. The lowest BCUT2D eigenvalue weighted by Crippen LogP contribution is -2.01. The molecule has 0 bridgehead atoms. The molecule has 1 aromatic carbocycles. The third kappa shape index (κ3) is 2.13. The van der Waals surface area contributed by atoms with Gasteiger partial charge >= 0.3 is 0 Å². The van der Waals surface area contributed by atoms with Crippen molar-refractivity contribution in [3.05, 3.63) is 48.4 Å². The van der Waals surface area contributed by atoms with Crippen molar-refractivity contribution in [1.82, 2.24) is 14.5 Å². The molecule has 0 spiro atoms. The Kier molecular flexibility index (Phi) is 3.37. The minimum Gasteiger partial charge on any atom is -0.497 e. The van der Waals surface area contributed by atoms with E-state index in [1.807, 2.05) is 36.4 Å². The maximum absolute atomic E-state index is 5.21. The van der Waals surface area contributed by atoms with Crippen LogP contribution >= 0.6 is 0 Å². The third-order valence-electron chi connectivity index (χ3n) is 3.29. The van der Waals surface area contributed by atoms with Crippen molar-refractivity contribution >= 4 is 11.2 Å². The lowest BCUT2D eigenvalue weighted by molar-refractivity contribution is 0.414. The van der Waals surface area contributed by atoms with E-state index in [4.69, 9.17) is 9.72 Å². The van der Waals surface area contributed by atoms with E-state index in [2.05, 4.69) is 16.5 Å². The molecule has 0 saturated heterocycles. The van der Waals surface area contributed by atoms with Crippen LogP contribution in [-0.4, -0.2) is 21.6 Å². The van der Waals surface area contributed by atoms with Gasteiger partial charge in [-0.2, -0.15) is 0 Å². The zero-order chi connectivity index (χ0) is 13.9. The molecule has 2 heterocycles. The Bertz CT molecular complexity index is 716. The van der Waals surface area contributed by atoms with E-state index in [9.17, 15) is 0 Å². The molecule has 0 radical (unpaired) electrons. The van der Waals surface area contributed by atoms with Gasteiger partial charge in [-0.25, -0.2) is 9.97 Å². The maximum atomic E-state index is 5.21. The van der Waals surface area contributed by atoms with Crippen LogP contribution in [0.2, 0.25) is 0 Å². The predicted molar refractivity (Wildman–Crippen MR) is 79.4 cm³/mol. The fraction of sp³-hybridized carbons (Fsp3) is 0.250. The second-order valence-electron chi connectivity index (χ2n) is 4.66. The molecule has 20 heavy (non-hydrogen) atoms. The van der Waals surface area contributed by atoms with Gasteiger partial charge in [-0.3, -0.25) is 4.57 Å². The van der Waals surface area contributed by atoms with Crippen LogP contribution in [0, 0.1) is 0 Å². The number of benzene rings is 1. The van der Waals surface area contributed by atoms with Gasteiger partial charge in [0.15, 0.2) is 5.65 Å². The fourth-order valence-corrected chi connectivity index (χ4v) is 2.35. The van der Waals surface area contributed by atoms with Gasteiger partial charge in [0.05, 0.1) is 7.11 Å². The van der Waals surface area contributed by atoms with E-state index in [-0.39, 0.29) is 0 Å². The van der Waals surface area contributed by atoms with Crippen LogP contribution in [-0.2, 0) is 6.42 Å². The highest BCUT2D eigenvalue weighted by atomic mass is 16.5. The van der Waals surface area contributed by atoms with Crippen LogP contribution in [0.25, 0.3) is 16.9 Å². The SMILES string of the molecule is CCCc1nc2cccnc2n1-c1ccc(OC)cc1. The number of rotatable bonds is 4. The molecule has 0 amide bonds. The minimum absolute atomic E-state index is 0.850. The van der Waals surface area contributed by atoms with E-state index >= 15 is 0 Å². The van der Waals surface area contributed by atoms with Crippen molar-refractivity contribution in [2.24, 2.45) is 0 Å². The molecule has 0 aliphatic heterocycles. The van der Waals surface area contributed by atoms with Gasteiger partial charge < -0.3 is 4.74 Å². The number of hydrogen-bond donors (Lipinski definition) is 0. The summed E-state index contributed by atoms with van der Waals surface area (Å²) in [4.78, 5) is 9.16. The number of aromatic nitrogens is 3. The summed E-state index contributed by atoms with van der Waals surface area (Å²) in [6.45, 7) is 2.16. The average molecular weight is 267 g/mol. The highest BCUT2D eigenvalue weighted by Crippen LogP contribution is 2.22. The zero-order valence-electron chi connectivity index (χ0n) is 11.7. The van der Waals surface area contributed by atoms with Crippen molar-refractivity contribution in [3.63, 3.8) is 0 Å². The van der Waals surface area contributed by atoms with E-state index in [1.165, 1.54) is 0 Å². The minimum atomic E-state index is 0.850. The Morgan fingerprint density at radius 2 is 1.95 bits per heavy atom. The van der Waals surface area contributed by atoms with Gasteiger partial charge in [-0.15, -0.1) is 0 Å². The highest BCUT2D eigenvalue weighted by Gasteiger charge is 2.12. The summed E-state index contributed by atoms with van der Waals surface area (Å²) in [5, 5.41) is 0. The summed E-state index contributed by atoms with van der Waals surface area (Å²) in [5.41, 5.74) is 2.91. The molecule has 0 N–H and O–H groups in total. The van der Waals surface area contributed by atoms with Gasteiger partial charge in [0.2, 0.25) is 0 Å². The number of ether oxygens (including phenoxy) is 1. The smallest absolute Gasteiger partial charge is 0.164 e. The molecule has 0 aliphatic rings. The normalized spacial score (nSPS) is 10.9. The number of hydrogen-bond acceptors (Lipinski definition) is 3. The first-order valence-corrected chi connectivity index (χ1v) is 6.80. The van der Waals surface area contributed by atoms with E-state index < -0.39 is 0 Å². The van der Waals surface area contributed by atoms with Crippen LogP contribution in [0.5, 0.6) is 5.75 Å². The molecular weight excluding hydrogens is 250 g/mol. The molecule has 102 valence electrons. The number of fused-ring (bicyclic) bond motifs is 1. The monoisotopic (exact) mass is 267 g/mol. The predicted octanol–water partition coefficient (Wildman–Crippen LogP) is 3.38. The molecular formula is C16H17N3O. The zero-order valence-corrected chi connectivity index (χ0v) is 11.7. The number of imidazole rings is 1. The first-order chi connectivity index (χ1) is 9.83. The van der Waals surface area contributed by atoms with Gasteiger partial charge in [-0.05, 0) is 42.8 Å². The van der Waals surface area contributed by atoms with E-state index in [0.29, 0.717) is 0 Å². The molecule has 3 rings (SSSR count). The maximum Gasteiger partial charge on any atom is 0.164 e.